The molecule has 18 heavy (non-hydrogen) atoms. The molecule has 0 bridgehead atoms. The molecule has 6 heteroatoms. The highest BCUT2D eigenvalue weighted by Gasteiger charge is 2.12. The van der Waals surface area contributed by atoms with Crippen LogP contribution in [0.2, 0.25) is 0 Å². The van der Waals surface area contributed by atoms with Crippen LogP contribution in [0.25, 0.3) is 0 Å². The largest absolute Gasteiger partial charge is 0.332 e. The second-order valence-electron chi connectivity index (χ2n) is 3.07. The summed E-state index contributed by atoms with van der Waals surface area (Å²) in [5, 5.41) is 11.1. The van der Waals surface area contributed by atoms with Crippen molar-refractivity contribution in [2.75, 3.05) is 6.61 Å². The highest BCUT2D eigenvalue weighted by atomic mass is 127. The molecule has 1 amide bonds. The fraction of sp³-hybridized carbons (Fsp3) is 0.167. The van der Waals surface area contributed by atoms with Crippen molar-refractivity contribution >= 4 is 28.5 Å². The molecule has 0 fully saturated rings. The standard InChI is InChI=1S/C12H8FIN2O2/c13-10-4-2-9(3-5-10)12(17)16-11(8-15)18-7-1-6-14/h2-5,11H,7H2,(H,16,17). The number of nitrogens with zero attached hydrogens (tertiary/aromatic N) is 1. The zero-order chi connectivity index (χ0) is 13.4. The van der Waals surface area contributed by atoms with Crippen molar-refractivity contribution in [3.8, 4) is 15.9 Å². The summed E-state index contributed by atoms with van der Waals surface area (Å²) in [7, 11) is 0. The summed E-state index contributed by atoms with van der Waals surface area (Å²) in [6.07, 6.45) is -1.08. The van der Waals surface area contributed by atoms with Crippen LogP contribution in [-0.4, -0.2) is 18.7 Å². The minimum absolute atomic E-state index is 0.0465. The number of nitrogens with one attached hydrogen (secondary N) is 1. The molecule has 0 saturated carbocycles. The number of ether oxygens (including phenoxy) is 1. The molecule has 1 atom stereocenters. The molecule has 0 saturated heterocycles. The molecule has 0 aliphatic heterocycles. The molecule has 0 aromatic heterocycles. The van der Waals surface area contributed by atoms with E-state index in [2.05, 4.69) is 15.2 Å². The molecule has 1 N–H and O–H groups in total. The van der Waals surface area contributed by atoms with Crippen molar-refractivity contribution in [2.45, 2.75) is 6.23 Å². The Labute approximate surface area is 117 Å². The normalized spacial score (nSPS) is 10.7. The predicted octanol–water partition coefficient (Wildman–Crippen LogP) is 1.82. The maximum atomic E-state index is 12.7. The molecule has 1 unspecified atom stereocenters. The summed E-state index contributed by atoms with van der Waals surface area (Å²) in [5.74, 6) is 1.65. The Morgan fingerprint density at radius 3 is 2.72 bits per heavy atom. The highest BCUT2D eigenvalue weighted by molar-refractivity contribution is 14.1. The van der Waals surface area contributed by atoms with E-state index < -0.39 is 18.0 Å². The van der Waals surface area contributed by atoms with Gasteiger partial charge in [0.05, 0.1) is 0 Å². The van der Waals surface area contributed by atoms with Crippen molar-refractivity contribution in [1.82, 2.24) is 5.32 Å². The van der Waals surface area contributed by atoms with E-state index in [0.29, 0.717) is 0 Å². The van der Waals surface area contributed by atoms with E-state index in [9.17, 15) is 9.18 Å². The summed E-state index contributed by atoms with van der Waals surface area (Å²) in [6, 6.07) is 6.75. The first-order chi connectivity index (χ1) is 8.67. The van der Waals surface area contributed by atoms with Crippen LogP contribution < -0.4 is 5.32 Å². The van der Waals surface area contributed by atoms with E-state index in [-0.39, 0.29) is 12.2 Å². The molecule has 0 aliphatic carbocycles. The van der Waals surface area contributed by atoms with E-state index >= 15 is 0 Å². The van der Waals surface area contributed by atoms with Crippen molar-refractivity contribution in [1.29, 1.82) is 5.26 Å². The minimum Gasteiger partial charge on any atom is -0.332 e. The summed E-state index contributed by atoms with van der Waals surface area (Å²) in [5.41, 5.74) is 0.250. The van der Waals surface area contributed by atoms with Gasteiger partial charge in [0.1, 0.15) is 18.5 Å². The molecular weight excluding hydrogens is 350 g/mol. The third-order valence-corrected chi connectivity index (χ3v) is 2.26. The summed E-state index contributed by atoms with van der Waals surface area (Å²) < 4.78 is 20.2. The average molecular weight is 358 g/mol. The van der Waals surface area contributed by atoms with Crippen LogP contribution in [0, 0.1) is 27.0 Å². The number of carbonyl (C=O) groups excluding carboxylic acids is 1. The number of nitriles is 1. The molecule has 0 aliphatic rings. The van der Waals surface area contributed by atoms with Crippen molar-refractivity contribution in [3.63, 3.8) is 0 Å². The first kappa shape index (κ1) is 14.4. The third kappa shape index (κ3) is 4.70. The average Bonchev–Trinajstić information content (AvgIpc) is 2.38. The van der Waals surface area contributed by atoms with Crippen LogP contribution >= 0.6 is 22.6 Å². The second kappa shape index (κ2) is 7.64. The molecule has 0 radical (unpaired) electrons. The van der Waals surface area contributed by atoms with Crippen LogP contribution in [-0.2, 0) is 4.74 Å². The molecule has 0 heterocycles. The van der Waals surface area contributed by atoms with Gasteiger partial charge in [-0.15, -0.1) is 0 Å². The smallest absolute Gasteiger partial charge is 0.254 e. The van der Waals surface area contributed by atoms with Gasteiger partial charge < -0.3 is 10.1 Å². The fourth-order valence-corrected chi connectivity index (χ4v) is 1.22. The van der Waals surface area contributed by atoms with Crippen LogP contribution in [0.5, 0.6) is 0 Å². The summed E-state index contributed by atoms with van der Waals surface area (Å²) >= 11 is 1.84. The van der Waals surface area contributed by atoms with Gasteiger partial charge in [0.25, 0.3) is 5.91 Å². The fourth-order valence-electron chi connectivity index (χ4n) is 1.07. The van der Waals surface area contributed by atoms with E-state index in [1.165, 1.54) is 24.3 Å². The molecule has 0 spiro atoms. The highest BCUT2D eigenvalue weighted by Crippen LogP contribution is 2.03. The van der Waals surface area contributed by atoms with Gasteiger partial charge >= 0.3 is 0 Å². The predicted molar refractivity (Wildman–Crippen MR) is 71.0 cm³/mol. The lowest BCUT2D eigenvalue weighted by Crippen LogP contribution is -2.35. The lowest BCUT2D eigenvalue weighted by Gasteiger charge is -2.10. The molecule has 4 nitrogen and oxygen atoms in total. The number of rotatable bonds is 4. The Kier molecular flexibility index (Phi) is 6.12. The Bertz CT molecular complexity index is 514. The lowest BCUT2D eigenvalue weighted by molar-refractivity contribution is 0.0685. The van der Waals surface area contributed by atoms with Gasteiger partial charge in [-0.05, 0) is 28.2 Å². The molecule has 1 rings (SSSR count). The van der Waals surface area contributed by atoms with Crippen LogP contribution in [0.3, 0.4) is 0 Å². The third-order valence-electron chi connectivity index (χ3n) is 1.87. The van der Waals surface area contributed by atoms with Gasteiger partial charge in [-0.25, -0.2) is 4.39 Å². The van der Waals surface area contributed by atoms with Crippen molar-refractivity contribution < 1.29 is 13.9 Å². The Morgan fingerprint density at radius 1 is 1.50 bits per heavy atom. The molecule has 1 aromatic carbocycles. The van der Waals surface area contributed by atoms with Gasteiger partial charge in [0.2, 0.25) is 6.23 Å². The van der Waals surface area contributed by atoms with Gasteiger partial charge in [0.15, 0.2) is 0 Å². The number of benzene rings is 1. The maximum Gasteiger partial charge on any atom is 0.254 e. The first-order valence-corrected chi connectivity index (χ1v) is 5.91. The Hall–Kier alpha value is -1.64. The number of amides is 1. The Balaban J connectivity index is 2.59. The number of hydrogen-bond acceptors (Lipinski definition) is 3. The quantitative estimate of drug-likeness (QED) is 0.508. The van der Waals surface area contributed by atoms with Crippen LogP contribution in [0.1, 0.15) is 10.4 Å². The zero-order valence-electron chi connectivity index (χ0n) is 9.11. The van der Waals surface area contributed by atoms with E-state index in [1.807, 2.05) is 22.6 Å². The topological polar surface area (TPSA) is 62.1 Å². The Morgan fingerprint density at radius 2 is 2.17 bits per heavy atom. The maximum absolute atomic E-state index is 12.7. The molecule has 92 valence electrons. The minimum atomic E-state index is -1.08. The molecule has 1 aromatic rings. The number of hydrogen-bond donors (Lipinski definition) is 1. The monoisotopic (exact) mass is 358 g/mol. The molecular formula is C12H8FIN2O2. The summed E-state index contributed by atoms with van der Waals surface area (Å²) in [6.45, 7) is 0.0465. The van der Waals surface area contributed by atoms with Gasteiger partial charge in [-0.1, -0.05) is 5.92 Å². The van der Waals surface area contributed by atoms with Gasteiger partial charge in [-0.3, -0.25) is 4.79 Å². The first-order valence-electron chi connectivity index (χ1n) is 4.83. The summed E-state index contributed by atoms with van der Waals surface area (Å²) in [4.78, 5) is 11.7. The number of halogens is 2. The van der Waals surface area contributed by atoms with E-state index in [1.54, 1.807) is 6.07 Å². The van der Waals surface area contributed by atoms with Crippen molar-refractivity contribution in [3.05, 3.63) is 35.6 Å². The van der Waals surface area contributed by atoms with E-state index in [4.69, 9.17) is 10.00 Å². The van der Waals surface area contributed by atoms with Crippen molar-refractivity contribution in [2.24, 2.45) is 0 Å². The van der Waals surface area contributed by atoms with E-state index in [0.717, 1.165) is 0 Å². The number of carbonyl (C=O) groups is 1. The van der Waals surface area contributed by atoms with Crippen LogP contribution in [0.4, 0.5) is 4.39 Å². The lowest BCUT2D eigenvalue weighted by atomic mass is 10.2. The van der Waals surface area contributed by atoms with Gasteiger partial charge in [-0.2, -0.15) is 5.26 Å². The van der Waals surface area contributed by atoms with Crippen LogP contribution in [0.15, 0.2) is 24.3 Å². The SMILES string of the molecule is N#CC(NC(=O)c1ccc(F)cc1)OCC#CI. The second-order valence-corrected chi connectivity index (χ2v) is 3.61. The zero-order valence-corrected chi connectivity index (χ0v) is 11.3. The van der Waals surface area contributed by atoms with Gasteiger partial charge in [0, 0.05) is 28.2 Å².